The standard InChI is InChI=1S/C18H16ClN3O3/c1-12-15(18(19)22(2)20-12)8-9-17(23)24-11-14-10-16(21-25-14)13-6-4-3-5-7-13/h3-10H,11H2,1-2H3/b9-8+. The summed E-state index contributed by atoms with van der Waals surface area (Å²) in [4.78, 5) is 11.9. The molecule has 0 aliphatic rings. The van der Waals surface area contributed by atoms with Crippen molar-refractivity contribution in [3.63, 3.8) is 0 Å². The van der Waals surface area contributed by atoms with E-state index in [1.54, 1.807) is 23.9 Å². The Morgan fingerprint density at radius 1 is 1.36 bits per heavy atom. The van der Waals surface area contributed by atoms with Crippen LogP contribution >= 0.6 is 11.6 Å². The lowest BCUT2D eigenvalue weighted by Crippen LogP contribution is -1.99. The van der Waals surface area contributed by atoms with Crippen LogP contribution < -0.4 is 0 Å². The van der Waals surface area contributed by atoms with Gasteiger partial charge in [0.15, 0.2) is 12.4 Å². The van der Waals surface area contributed by atoms with E-state index in [1.165, 1.54) is 6.08 Å². The van der Waals surface area contributed by atoms with Crippen molar-refractivity contribution < 1.29 is 14.1 Å². The third kappa shape index (κ3) is 3.97. The van der Waals surface area contributed by atoms with Crippen LogP contribution in [-0.4, -0.2) is 20.9 Å². The number of aryl methyl sites for hydroxylation is 2. The molecule has 6 nitrogen and oxygen atoms in total. The minimum Gasteiger partial charge on any atom is -0.454 e. The van der Waals surface area contributed by atoms with Gasteiger partial charge in [-0.25, -0.2) is 4.79 Å². The molecule has 0 bridgehead atoms. The summed E-state index contributed by atoms with van der Waals surface area (Å²) in [5, 5.41) is 8.61. The molecule has 0 unspecified atom stereocenters. The lowest BCUT2D eigenvalue weighted by atomic mass is 10.1. The summed E-state index contributed by atoms with van der Waals surface area (Å²) < 4.78 is 11.9. The molecule has 7 heteroatoms. The topological polar surface area (TPSA) is 70.2 Å². The number of esters is 1. The van der Waals surface area contributed by atoms with Crippen LogP contribution in [0.5, 0.6) is 0 Å². The summed E-state index contributed by atoms with van der Waals surface area (Å²) in [7, 11) is 1.74. The third-order valence-corrected chi connectivity index (χ3v) is 4.02. The van der Waals surface area contributed by atoms with Gasteiger partial charge in [0.25, 0.3) is 0 Å². The first-order chi connectivity index (χ1) is 12.0. The van der Waals surface area contributed by atoms with Crippen LogP contribution in [0.25, 0.3) is 17.3 Å². The van der Waals surface area contributed by atoms with Crippen molar-refractivity contribution in [3.8, 4) is 11.3 Å². The van der Waals surface area contributed by atoms with Crippen molar-refractivity contribution in [2.75, 3.05) is 0 Å². The van der Waals surface area contributed by atoms with Crippen molar-refractivity contribution >= 4 is 23.6 Å². The Morgan fingerprint density at radius 2 is 2.12 bits per heavy atom. The lowest BCUT2D eigenvalue weighted by Gasteiger charge is -1.97. The number of hydrogen-bond donors (Lipinski definition) is 0. The van der Waals surface area contributed by atoms with Crippen LogP contribution in [0.4, 0.5) is 0 Å². The molecule has 128 valence electrons. The fourth-order valence-electron chi connectivity index (χ4n) is 2.30. The third-order valence-electron chi connectivity index (χ3n) is 3.57. The maximum absolute atomic E-state index is 11.9. The number of carbonyl (C=O) groups is 1. The van der Waals surface area contributed by atoms with E-state index in [0.717, 1.165) is 11.3 Å². The Kier molecular flexibility index (Phi) is 5.00. The second kappa shape index (κ2) is 7.36. The van der Waals surface area contributed by atoms with Gasteiger partial charge in [-0.1, -0.05) is 47.1 Å². The minimum atomic E-state index is -0.503. The van der Waals surface area contributed by atoms with E-state index in [-0.39, 0.29) is 6.61 Å². The number of nitrogens with zero attached hydrogens (tertiary/aromatic N) is 3. The van der Waals surface area contributed by atoms with Gasteiger partial charge in [0.2, 0.25) is 0 Å². The molecule has 0 N–H and O–H groups in total. The predicted molar refractivity (Wildman–Crippen MR) is 93.7 cm³/mol. The van der Waals surface area contributed by atoms with Gasteiger partial charge in [-0.2, -0.15) is 5.10 Å². The molecule has 0 aliphatic carbocycles. The second-order valence-electron chi connectivity index (χ2n) is 5.40. The fraction of sp³-hybridized carbons (Fsp3) is 0.167. The Hall–Kier alpha value is -2.86. The van der Waals surface area contributed by atoms with Gasteiger partial charge in [-0.3, -0.25) is 4.68 Å². The highest BCUT2D eigenvalue weighted by Gasteiger charge is 2.10. The summed E-state index contributed by atoms with van der Waals surface area (Å²) in [6.07, 6.45) is 2.90. The Balaban J connectivity index is 1.59. The molecular weight excluding hydrogens is 342 g/mol. The average molecular weight is 358 g/mol. The predicted octanol–water partition coefficient (Wildman–Crippen LogP) is 3.79. The zero-order valence-corrected chi connectivity index (χ0v) is 14.5. The maximum atomic E-state index is 11.9. The monoisotopic (exact) mass is 357 g/mol. The number of ether oxygens (including phenoxy) is 1. The van der Waals surface area contributed by atoms with Crippen LogP contribution in [-0.2, 0) is 23.2 Å². The fourth-order valence-corrected chi connectivity index (χ4v) is 2.54. The molecule has 0 radical (unpaired) electrons. The van der Waals surface area contributed by atoms with Gasteiger partial charge in [0, 0.05) is 30.3 Å². The Morgan fingerprint density at radius 3 is 2.80 bits per heavy atom. The molecule has 0 fully saturated rings. The first kappa shape index (κ1) is 17.0. The number of hydrogen-bond acceptors (Lipinski definition) is 5. The van der Waals surface area contributed by atoms with E-state index in [2.05, 4.69) is 10.3 Å². The summed E-state index contributed by atoms with van der Waals surface area (Å²) in [5.74, 6) is -0.0341. The second-order valence-corrected chi connectivity index (χ2v) is 5.76. The van der Waals surface area contributed by atoms with Crippen molar-refractivity contribution in [1.82, 2.24) is 14.9 Å². The quantitative estimate of drug-likeness (QED) is 0.513. The first-order valence-electron chi connectivity index (χ1n) is 7.59. The molecule has 0 aliphatic heterocycles. The molecule has 3 rings (SSSR count). The van der Waals surface area contributed by atoms with E-state index in [1.807, 2.05) is 37.3 Å². The van der Waals surface area contributed by atoms with E-state index in [9.17, 15) is 4.79 Å². The molecule has 2 heterocycles. The van der Waals surface area contributed by atoms with Crippen molar-refractivity contribution in [1.29, 1.82) is 0 Å². The minimum absolute atomic E-state index is 0.00274. The molecule has 0 amide bonds. The van der Waals surface area contributed by atoms with Crippen LogP contribution in [0.2, 0.25) is 5.15 Å². The van der Waals surface area contributed by atoms with Crippen molar-refractivity contribution in [2.24, 2.45) is 7.05 Å². The summed E-state index contributed by atoms with van der Waals surface area (Å²) in [6.45, 7) is 1.82. The molecule has 2 aromatic heterocycles. The summed E-state index contributed by atoms with van der Waals surface area (Å²) in [5.41, 5.74) is 3.05. The van der Waals surface area contributed by atoms with Crippen LogP contribution in [0, 0.1) is 6.92 Å². The van der Waals surface area contributed by atoms with Gasteiger partial charge in [0.05, 0.1) is 5.69 Å². The van der Waals surface area contributed by atoms with Gasteiger partial charge in [-0.05, 0) is 13.0 Å². The van der Waals surface area contributed by atoms with Crippen LogP contribution in [0.1, 0.15) is 17.0 Å². The smallest absolute Gasteiger partial charge is 0.331 e. The largest absolute Gasteiger partial charge is 0.454 e. The van der Waals surface area contributed by atoms with Gasteiger partial charge in [0.1, 0.15) is 10.8 Å². The van der Waals surface area contributed by atoms with Crippen LogP contribution in [0.15, 0.2) is 47.0 Å². The normalized spacial score (nSPS) is 11.2. The maximum Gasteiger partial charge on any atom is 0.331 e. The number of rotatable bonds is 5. The zero-order valence-electron chi connectivity index (χ0n) is 13.8. The Labute approximate surface area is 149 Å². The molecule has 0 spiro atoms. The highest BCUT2D eigenvalue weighted by molar-refractivity contribution is 6.31. The summed E-state index contributed by atoms with van der Waals surface area (Å²) >= 11 is 6.11. The van der Waals surface area contributed by atoms with E-state index in [4.69, 9.17) is 20.9 Å². The van der Waals surface area contributed by atoms with Gasteiger partial charge < -0.3 is 9.26 Å². The molecule has 25 heavy (non-hydrogen) atoms. The molecule has 3 aromatic rings. The average Bonchev–Trinajstić information content (AvgIpc) is 3.18. The van der Waals surface area contributed by atoms with Crippen molar-refractivity contribution in [2.45, 2.75) is 13.5 Å². The molecule has 1 aromatic carbocycles. The lowest BCUT2D eigenvalue weighted by molar-refractivity contribution is -0.139. The van der Waals surface area contributed by atoms with E-state index < -0.39 is 5.97 Å². The highest BCUT2D eigenvalue weighted by atomic mass is 35.5. The molecular formula is C18H16ClN3O3. The van der Waals surface area contributed by atoms with E-state index in [0.29, 0.717) is 22.2 Å². The van der Waals surface area contributed by atoms with Crippen molar-refractivity contribution in [3.05, 3.63) is 64.6 Å². The summed E-state index contributed by atoms with van der Waals surface area (Å²) in [6, 6.07) is 11.4. The van der Waals surface area contributed by atoms with Crippen LogP contribution in [0.3, 0.4) is 0 Å². The highest BCUT2D eigenvalue weighted by Crippen LogP contribution is 2.21. The Bertz CT molecular complexity index is 913. The molecule has 0 atom stereocenters. The number of aromatic nitrogens is 3. The van der Waals surface area contributed by atoms with Gasteiger partial charge >= 0.3 is 5.97 Å². The SMILES string of the molecule is Cc1nn(C)c(Cl)c1/C=C/C(=O)OCc1cc(-c2ccccc2)no1. The van der Waals surface area contributed by atoms with E-state index >= 15 is 0 Å². The van der Waals surface area contributed by atoms with Gasteiger partial charge in [-0.15, -0.1) is 0 Å². The zero-order chi connectivity index (χ0) is 17.8. The molecule has 0 saturated carbocycles. The number of halogens is 1. The molecule has 0 saturated heterocycles. The first-order valence-corrected chi connectivity index (χ1v) is 7.97. The number of carbonyl (C=O) groups excluding carboxylic acids is 1. The number of benzene rings is 1.